The molecule has 0 heterocycles. The van der Waals surface area contributed by atoms with Crippen molar-refractivity contribution in [2.24, 2.45) is 0 Å². The molecule has 0 saturated heterocycles. The quantitative estimate of drug-likeness (QED) is 0.580. The fourth-order valence-corrected chi connectivity index (χ4v) is 1.77. The fourth-order valence-electron chi connectivity index (χ4n) is 1.77. The zero-order valence-corrected chi connectivity index (χ0v) is 8.25. The predicted molar refractivity (Wildman–Crippen MR) is 61.5 cm³/mol. The normalized spacial score (nSPS) is 16.3. The molecule has 0 saturated carbocycles. The van der Waals surface area contributed by atoms with Gasteiger partial charge < -0.3 is 0 Å². The molecule has 0 spiro atoms. The van der Waals surface area contributed by atoms with E-state index in [1.165, 1.54) is 22.3 Å². The molecular weight excluding hydrogens is 168 g/mol. The van der Waals surface area contributed by atoms with Crippen LogP contribution in [0, 0.1) is 12.3 Å². The summed E-state index contributed by atoms with van der Waals surface area (Å²) in [4.78, 5) is 0. The molecule has 0 unspecified atom stereocenters. The van der Waals surface area contributed by atoms with Gasteiger partial charge in [-0.15, -0.1) is 12.3 Å². The average Bonchev–Trinajstić information content (AvgIpc) is 2.61. The number of allylic oxidation sites excluding steroid dienone is 3. The number of benzene rings is 1. The predicted octanol–water partition coefficient (Wildman–Crippen LogP) is 3.51. The van der Waals surface area contributed by atoms with Crippen LogP contribution < -0.4 is 0 Å². The molecule has 0 atom stereocenters. The first-order chi connectivity index (χ1) is 6.83. The molecule has 68 valence electrons. The van der Waals surface area contributed by atoms with E-state index in [2.05, 4.69) is 49.3 Å². The monoisotopic (exact) mass is 180 g/mol. The fraction of sp³-hybridized carbons (Fsp3) is 0.143. The smallest absolute Gasteiger partial charge is 0.0302 e. The molecule has 2 rings (SSSR count). The molecule has 0 N–H and O–H groups in total. The van der Waals surface area contributed by atoms with Gasteiger partial charge in [-0.3, -0.25) is 0 Å². The van der Waals surface area contributed by atoms with Gasteiger partial charge in [-0.05, 0) is 23.6 Å². The Kier molecular flexibility index (Phi) is 2.24. The standard InChI is InChI=1S/C14H12/c1-3-6-11(2)13-10-9-12-7-4-5-8-14(12)13/h1,4-5,7-10H,6H2,2H3. The van der Waals surface area contributed by atoms with Gasteiger partial charge >= 0.3 is 0 Å². The van der Waals surface area contributed by atoms with Crippen molar-refractivity contribution in [2.75, 3.05) is 0 Å². The molecular formula is C14H12. The molecule has 0 nitrogen and oxygen atoms in total. The van der Waals surface area contributed by atoms with Gasteiger partial charge in [0.1, 0.15) is 0 Å². The van der Waals surface area contributed by atoms with Gasteiger partial charge in [-0.2, -0.15) is 0 Å². The Labute approximate surface area is 85.0 Å². The van der Waals surface area contributed by atoms with Crippen molar-refractivity contribution in [1.82, 2.24) is 0 Å². The summed E-state index contributed by atoms with van der Waals surface area (Å²) in [6.07, 6.45) is 10.3. The lowest BCUT2D eigenvalue weighted by Gasteiger charge is -2.04. The molecule has 0 radical (unpaired) electrons. The van der Waals surface area contributed by atoms with Gasteiger partial charge in [0.25, 0.3) is 0 Å². The Morgan fingerprint density at radius 2 is 2.07 bits per heavy atom. The van der Waals surface area contributed by atoms with E-state index < -0.39 is 0 Å². The molecule has 14 heavy (non-hydrogen) atoms. The number of fused-ring (bicyclic) bond motifs is 1. The lowest BCUT2D eigenvalue weighted by atomic mass is 10.0. The lowest BCUT2D eigenvalue weighted by molar-refractivity contribution is 1.26. The van der Waals surface area contributed by atoms with E-state index in [1.807, 2.05) is 0 Å². The van der Waals surface area contributed by atoms with Crippen molar-refractivity contribution in [3.63, 3.8) is 0 Å². The second kappa shape index (κ2) is 3.55. The largest absolute Gasteiger partial charge is 0.120 e. The molecule has 1 aliphatic carbocycles. The third kappa shape index (κ3) is 1.38. The topological polar surface area (TPSA) is 0 Å². The van der Waals surface area contributed by atoms with Crippen LogP contribution in [0.1, 0.15) is 24.5 Å². The molecule has 0 bridgehead atoms. The van der Waals surface area contributed by atoms with E-state index in [9.17, 15) is 0 Å². The third-order valence-electron chi connectivity index (χ3n) is 2.51. The Bertz CT molecular complexity index is 453. The van der Waals surface area contributed by atoms with Crippen molar-refractivity contribution >= 4 is 11.6 Å². The first-order valence-electron chi connectivity index (χ1n) is 4.73. The minimum absolute atomic E-state index is 0.730. The summed E-state index contributed by atoms with van der Waals surface area (Å²) in [7, 11) is 0. The van der Waals surface area contributed by atoms with Crippen LogP contribution in [0.15, 0.2) is 35.9 Å². The molecule has 1 aliphatic rings. The summed E-state index contributed by atoms with van der Waals surface area (Å²) in [5.41, 5.74) is 5.16. The van der Waals surface area contributed by atoms with Crippen LogP contribution in [0.3, 0.4) is 0 Å². The highest BCUT2D eigenvalue weighted by Gasteiger charge is 2.10. The highest BCUT2D eigenvalue weighted by molar-refractivity contribution is 5.91. The molecule has 0 aliphatic heterocycles. The second-order valence-corrected chi connectivity index (χ2v) is 3.50. The van der Waals surface area contributed by atoms with E-state index in [0.717, 1.165) is 6.42 Å². The lowest BCUT2D eigenvalue weighted by Crippen LogP contribution is -1.84. The van der Waals surface area contributed by atoms with Crippen molar-refractivity contribution < 1.29 is 0 Å². The van der Waals surface area contributed by atoms with Gasteiger partial charge in [-0.25, -0.2) is 0 Å². The minimum atomic E-state index is 0.730. The van der Waals surface area contributed by atoms with Crippen LogP contribution in [0.4, 0.5) is 0 Å². The van der Waals surface area contributed by atoms with Crippen LogP contribution in [-0.2, 0) is 0 Å². The Balaban J connectivity index is 2.50. The SMILES string of the molecule is C#CCC(C)=C1C=Cc2ccccc21. The summed E-state index contributed by atoms with van der Waals surface area (Å²) in [6, 6.07) is 8.39. The first kappa shape index (κ1) is 8.84. The van der Waals surface area contributed by atoms with Crippen molar-refractivity contribution in [1.29, 1.82) is 0 Å². The van der Waals surface area contributed by atoms with E-state index in [0.29, 0.717) is 0 Å². The van der Waals surface area contributed by atoms with Gasteiger partial charge in [-0.1, -0.05) is 42.0 Å². The summed E-state index contributed by atoms with van der Waals surface area (Å²) in [6.45, 7) is 2.10. The first-order valence-corrected chi connectivity index (χ1v) is 4.73. The van der Waals surface area contributed by atoms with Gasteiger partial charge in [0.05, 0.1) is 0 Å². The summed E-state index contributed by atoms with van der Waals surface area (Å²) in [5, 5.41) is 0. The maximum atomic E-state index is 5.31. The Morgan fingerprint density at radius 3 is 2.86 bits per heavy atom. The number of hydrogen-bond acceptors (Lipinski definition) is 0. The molecule has 1 aromatic rings. The summed E-state index contributed by atoms with van der Waals surface area (Å²) in [5.74, 6) is 2.68. The zero-order valence-electron chi connectivity index (χ0n) is 8.25. The Morgan fingerprint density at radius 1 is 1.29 bits per heavy atom. The maximum absolute atomic E-state index is 5.31. The minimum Gasteiger partial charge on any atom is -0.120 e. The van der Waals surface area contributed by atoms with Gasteiger partial charge in [0.2, 0.25) is 0 Å². The van der Waals surface area contributed by atoms with Crippen molar-refractivity contribution in [3.8, 4) is 12.3 Å². The Hall–Kier alpha value is -1.74. The average molecular weight is 180 g/mol. The van der Waals surface area contributed by atoms with E-state index in [1.54, 1.807) is 0 Å². The van der Waals surface area contributed by atoms with Crippen LogP contribution in [0.5, 0.6) is 0 Å². The van der Waals surface area contributed by atoms with Crippen molar-refractivity contribution in [2.45, 2.75) is 13.3 Å². The van der Waals surface area contributed by atoms with E-state index in [-0.39, 0.29) is 0 Å². The third-order valence-corrected chi connectivity index (χ3v) is 2.51. The van der Waals surface area contributed by atoms with Gasteiger partial charge in [0.15, 0.2) is 0 Å². The highest BCUT2D eigenvalue weighted by Crippen LogP contribution is 2.31. The molecule has 0 fully saturated rings. The van der Waals surface area contributed by atoms with Crippen LogP contribution in [0.2, 0.25) is 0 Å². The molecule has 0 aromatic heterocycles. The van der Waals surface area contributed by atoms with Gasteiger partial charge in [0, 0.05) is 6.42 Å². The molecule has 1 aromatic carbocycles. The second-order valence-electron chi connectivity index (χ2n) is 3.50. The molecule has 0 amide bonds. The van der Waals surface area contributed by atoms with Crippen LogP contribution >= 0.6 is 0 Å². The van der Waals surface area contributed by atoms with E-state index in [4.69, 9.17) is 6.42 Å². The number of hydrogen-bond donors (Lipinski definition) is 0. The van der Waals surface area contributed by atoms with Crippen LogP contribution in [-0.4, -0.2) is 0 Å². The number of rotatable bonds is 1. The summed E-state index contributed by atoms with van der Waals surface area (Å²) >= 11 is 0. The highest BCUT2D eigenvalue weighted by atomic mass is 14.1. The maximum Gasteiger partial charge on any atom is 0.0302 e. The number of terminal acetylenes is 1. The summed E-state index contributed by atoms with van der Waals surface area (Å²) < 4.78 is 0. The van der Waals surface area contributed by atoms with Crippen molar-refractivity contribution in [3.05, 3.63) is 47.0 Å². The zero-order chi connectivity index (χ0) is 9.97. The molecule has 0 heteroatoms. The van der Waals surface area contributed by atoms with E-state index >= 15 is 0 Å². The van der Waals surface area contributed by atoms with Crippen LogP contribution in [0.25, 0.3) is 11.6 Å².